The molecule has 4 amide bonds. The van der Waals surface area contributed by atoms with Crippen molar-refractivity contribution in [3.05, 3.63) is 61.7 Å². The number of cyclic esters (lactones) is 1. The zero-order valence-electron chi connectivity index (χ0n) is 44.2. The van der Waals surface area contributed by atoms with Crippen LogP contribution in [-0.2, 0) is 82.4 Å². The van der Waals surface area contributed by atoms with Gasteiger partial charge in [-0.1, -0.05) is 27.2 Å². The fraction of sp³-hybridized carbons (Fsp3) is 0.604. The molecule has 23 nitrogen and oxygen atoms in total. The standard InChI is InChI=1S/C53H72FN9O14/c1-5-53(33-23-40-46-31(26-63(40)49(69)32(33)27-76-52(53)72)43-35(56)12-11-30-29(4)34(54)24-37(60-46)44(30)43)77-51(71)45(28(2)3)61-48(68)39-10-8-16-62(39)50(70)38(25-42(65)66)59-41(64)13-17-73-19-21-75-22-20-74-18-15-58-47(67)36(57)9-6-7-14-55/h23-24,28,35-36,38-39,45H,5-22,25-27,55-57H2,1-4H3,(H,58,67)(H,59,64)(H,61,68)(H,65,66)/t35-,36-,38-,39-,45-,53-/m0/s1. The minimum atomic E-state index is -2.15. The van der Waals surface area contributed by atoms with E-state index in [9.17, 15) is 43.5 Å². The smallest absolute Gasteiger partial charge is 0.355 e. The average molecular weight is 1080 g/mol. The second kappa shape index (κ2) is 25.8. The molecule has 5 heterocycles. The number of aliphatic carboxylic acids is 1. The number of halogens is 1. The normalized spacial score (nSPS) is 19.4. The Balaban J connectivity index is 0.945. The number of nitrogens with two attached hydrogens (primary N) is 3. The molecule has 0 spiro atoms. The quantitative estimate of drug-likeness (QED) is 0.0325. The van der Waals surface area contributed by atoms with Crippen LogP contribution in [0, 0.1) is 18.7 Å². The van der Waals surface area contributed by atoms with Gasteiger partial charge in [-0.25, -0.2) is 19.0 Å². The molecule has 4 aliphatic rings. The maximum Gasteiger partial charge on any atom is 0.355 e. The molecule has 3 aromatic rings. The molecular weight excluding hydrogens is 1010 g/mol. The Kier molecular flexibility index (Phi) is 19.5. The molecule has 1 aliphatic carbocycles. The van der Waals surface area contributed by atoms with E-state index in [0.717, 1.165) is 29.4 Å². The van der Waals surface area contributed by atoms with Gasteiger partial charge in [0, 0.05) is 48.1 Å². The van der Waals surface area contributed by atoms with Gasteiger partial charge in [-0.15, -0.1) is 0 Å². The lowest BCUT2D eigenvalue weighted by molar-refractivity contribution is -0.191. The number of hydrogen-bond acceptors (Lipinski definition) is 17. The number of nitrogens with zero attached hydrogens (tertiary/aromatic N) is 3. The van der Waals surface area contributed by atoms with Crippen LogP contribution < -0.4 is 38.7 Å². The van der Waals surface area contributed by atoms with Crippen molar-refractivity contribution >= 4 is 52.4 Å². The third-order valence-corrected chi connectivity index (χ3v) is 14.8. The van der Waals surface area contributed by atoms with Crippen LogP contribution in [0.5, 0.6) is 0 Å². The molecule has 3 aliphatic heterocycles. The summed E-state index contributed by atoms with van der Waals surface area (Å²) in [7, 11) is 0. The molecule has 1 fully saturated rings. The molecule has 0 saturated carbocycles. The lowest BCUT2D eigenvalue weighted by Crippen LogP contribution is -2.57. The molecule has 2 aromatic heterocycles. The Morgan fingerprint density at radius 3 is 2.38 bits per heavy atom. The summed E-state index contributed by atoms with van der Waals surface area (Å²) in [6.45, 7) is 8.20. The van der Waals surface area contributed by atoms with Crippen LogP contribution in [0.15, 0.2) is 16.9 Å². The summed E-state index contributed by atoms with van der Waals surface area (Å²) in [4.78, 5) is 114. The topological polar surface area (TPSA) is 338 Å². The van der Waals surface area contributed by atoms with Gasteiger partial charge in [0.2, 0.25) is 29.2 Å². The van der Waals surface area contributed by atoms with E-state index in [2.05, 4.69) is 16.0 Å². The van der Waals surface area contributed by atoms with Crippen LogP contribution in [0.3, 0.4) is 0 Å². The first-order valence-corrected chi connectivity index (χ1v) is 26.5. The van der Waals surface area contributed by atoms with Gasteiger partial charge in [0.25, 0.3) is 5.56 Å². The number of hydrogen-bond donors (Lipinski definition) is 7. The van der Waals surface area contributed by atoms with E-state index in [4.69, 9.17) is 45.9 Å². The van der Waals surface area contributed by atoms with Gasteiger partial charge in [-0.05, 0) is 87.1 Å². The van der Waals surface area contributed by atoms with Gasteiger partial charge >= 0.3 is 17.9 Å². The molecule has 7 rings (SSSR count). The number of rotatable bonds is 27. The van der Waals surface area contributed by atoms with Gasteiger partial charge in [0.1, 0.15) is 30.5 Å². The van der Waals surface area contributed by atoms with E-state index in [1.807, 2.05) is 0 Å². The molecule has 420 valence electrons. The van der Waals surface area contributed by atoms with Crippen molar-refractivity contribution in [3.63, 3.8) is 0 Å². The molecule has 77 heavy (non-hydrogen) atoms. The summed E-state index contributed by atoms with van der Waals surface area (Å²) >= 11 is 0. The van der Waals surface area contributed by atoms with Crippen LogP contribution in [0.4, 0.5) is 4.39 Å². The highest BCUT2D eigenvalue weighted by atomic mass is 19.1. The highest BCUT2D eigenvalue weighted by molar-refractivity contribution is 5.97. The number of aryl methyl sites for hydroxylation is 1. The molecule has 10 N–H and O–H groups in total. The number of aromatic nitrogens is 2. The van der Waals surface area contributed by atoms with Gasteiger partial charge < -0.3 is 71.4 Å². The van der Waals surface area contributed by atoms with Gasteiger partial charge in [-0.3, -0.25) is 28.8 Å². The predicted molar refractivity (Wildman–Crippen MR) is 275 cm³/mol. The van der Waals surface area contributed by atoms with E-state index >= 15 is 4.39 Å². The first-order chi connectivity index (χ1) is 36.8. The van der Waals surface area contributed by atoms with Gasteiger partial charge in [-0.2, -0.15) is 0 Å². The second-order valence-electron chi connectivity index (χ2n) is 20.3. The van der Waals surface area contributed by atoms with Gasteiger partial charge in [0.15, 0.2) is 0 Å². The number of carbonyl (C=O) groups excluding carboxylic acids is 6. The lowest BCUT2D eigenvalue weighted by atomic mass is 9.82. The number of carbonyl (C=O) groups is 7. The monoisotopic (exact) mass is 1080 g/mol. The largest absolute Gasteiger partial charge is 0.481 e. The molecule has 24 heteroatoms. The Bertz CT molecular complexity index is 2810. The molecule has 0 radical (unpaired) electrons. The highest BCUT2D eigenvalue weighted by Gasteiger charge is 2.52. The average Bonchev–Trinajstić information content (AvgIpc) is 4.28. The number of carboxylic acid groups (broad SMARTS) is 1. The number of amides is 4. The first-order valence-electron chi connectivity index (χ1n) is 26.5. The molecule has 0 bridgehead atoms. The third kappa shape index (κ3) is 12.8. The predicted octanol–water partition coefficient (Wildman–Crippen LogP) is 1.13. The number of benzene rings is 1. The van der Waals surface area contributed by atoms with Crippen molar-refractivity contribution in [2.24, 2.45) is 23.1 Å². The number of nitrogens with one attached hydrogen (secondary N) is 3. The minimum Gasteiger partial charge on any atom is -0.481 e. The number of pyridine rings is 2. The number of ether oxygens (including phenoxy) is 5. The highest BCUT2D eigenvalue weighted by Crippen LogP contribution is 2.46. The van der Waals surface area contributed by atoms with Crippen molar-refractivity contribution in [1.82, 2.24) is 30.4 Å². The van der Waals surface area contributed by atoms with E-state index in [-0.39, 0.29) is 89.0 Å². The number of unbranched alkanes of at least 4 members (excludes halogenated alkanes) is 1. The summed E-state index contributed by atoms with van der Waals surface area (Å²) in [6, 6.07) is -2.16. The van der Waals surface area contributed by atoms with Crippen molar-refractivity contribution < 1.29 is 66.7 Å². The molecule has 1 saturated heterocycles. The Morgan fingerprint density at radius 1 is 0.974 bits per heavy atom. The SMILES string of the molecule is CC[C@@]1(OC(=O)[C@@H](NC(=O)[C@@H]2CCCN2C(=O)[C@H](CC(=O)O)NC(=O)CCOCCOCCOCCNC(=O)[C@@H](N)CCCCN)C(C)C)C(=O)OCc2c1cc1n(c2=O)Cc2c-1nc1cc(F)c(C)c3c1c2[C@@H](N)CC3. The number of likely N-dealkylation sites (tertiary alicyclic amines) is 1. The van der Waals surface area contributed by atoms with Crippen molar-refractivity contribution in [1.29, 1.82) is 0 Å². The Hall–Kier alpha value is -6.44. The number of fused-ring (bicyclic) bond motifs is 5. The van der Waals surface area contributed by atoms with Crippen LogP contribution in [0.2, 0.25) is 0 Å². The van der Waals surface area contributed by atoms with Crippen LogP contribution in [0.25, 0.3) is 22.3 Å². The summed E-state index contributed by atoms with van der Waals surface area (Å²) in [5.41, 5.74) is 19.5. The molecule has 6 atom stereocenters. The first kappa shape index (κ1) is 58.2. The lowest BCUT2D eigenvalue weighted by Gasteiger charge is -2.37. The maximum atomic E-state index is 15.3. The summed E-state index contributed by atoms with van der Waals surface area (Å²) in [5, 5.41) is 18.4. The van der Waals surface area contributed by atoms with E-state index in [0.29, 0.717) is 66.8 Å². The zero-order valence-corrected chi connectivity index (χ0v) is 44.2. The molecule has 0 unspecified atom stereocenters. The van der Waals surface area contributed by atoms with Crippen molar-refractivity contribution in [2.45, 2.75) is 141 Å². The minimum absolute atomic E-state index is 0.0491. The Morgan fingerprint density at radius 2 is 1.69 bits per heavy atom. The van der Waals surface area contributed by atoms with Crippen LogP contribution in [-0.4, -0.2) is 145 Å². The van der Waals surface area contributed by atoms with E-state index < -0.39 is 102 Å². The number of esters is 2. The van der Waals surface area contributed by atoms with E-state index in [1.54, 1.807) is 33.8 Å². The summed E-state index contributed by atoms with van der Waals surface area (Å²) < 4.78 is 44.9. The van der Waals surface area contributed by atoms with Gasteiger partial charge in [0.05, 0.1) is 81.1 Å². The number of carboxylic acids is 1. The third-order valence-electron chi connectivity index (χ3n) is 14.8. The van der Waals surface area contributed by atoms with Crippen molar-refractivity contribution in [3.8, 4) is 11.4 Å². The Labute approximate surface area is 444 Å². The zero-order chi connectivity index (χ0) is 55.7. The fourth-order valence-corrected chi connectivity index (χ4v) is 10.6. The maximum absolute atomic E-state index is 15.3. The van der Waals surface area contributed by atoms with Crippen LogP contribution in [0.1, 0.15) is 118 Å². The molecule has 1 aromatic carbocycles. The van der Waals surface area contributed by atoms with E-state index in [1.165, 1.54) is 15.5 Å². The van der Waals surface area contributed by atoms with Crippen molar-refractivity contribution in [2.75, 3.05) is 59.3 Å². The second-order valence-corrected chi connectivity index (χ2v) is 20.3. The molecular formula is C53H72FN9O14. The summed E-state index contributed by atoms with van der Waals surface area (Å²) in [6.07, 6.45) is 2.58. The fourth-order valence-electron chi connectivity index (χ4n) is 10.6. The summed E-state index contributed by atoms with van der Waals surface area (Å²) in [5.74, 6) is -6.89. The van der Waals surface area contributed by atoms with Crippen LogP contribution >= 0.6 is 0 Å².